The van der Waals surface area contributed by atoms with Gasteiger partial charge in [0.05, 0.1) is 11.4 Å². The first-order valence-electron chi connectivity index (χ1n) is 12.9. The molecule has 1 N–H and O–H groups in total. The van der Waals surface area contributed by atoms with Gasteiger partial charge in [-0.2, -0.15) is 4.98 Å². The Hall–Kier alpha value is -2.55. The van der Waals surface area contributed by atoms with E-state index in [0.717, 1.165) is 37.4 Å². The summed E-state index contributed by atoms with van der Waals surface area (Å²) in [7, 11) is 0. The van der Waals surface area contributed by atoms with Crippen molar-refractivity contribution in [3.05, 3.63) is 58.8 Å². The molecule has 3 aromatic rings. The number of amides is 1. The lowest BCUT2D eigenvalue weighted by atomic mass is 9.96. The number of nitrogens with one attached hydrogen (secondary N) is 1. The Labute approximate surface area is 211 Å². The van der Waals surface area contributed by atoms with Gasteiger partial charge >= 0.3 is 0 Å². The zero-order valence-electron chi connectivity index (χ0n) is 20.3. The molecule has 2 fully saturated rings. The molecule has 2 aromatic heterocycles. The minimum absolute atomic E-state index is 0.0656. The van der Waals surface area contributed by atoms with E-state index in [1.54, 1.807) is 11.3 Å². The molecular formula is C27H35N5O2S. The van der Waals surface area contributed by atoms with E-state index in [2.05, 4.69) is 49.5 Å². The van der Waals surface area contributed by atoms with Crippen LogP contribution in [0.2, 0.25) is 0 Å². The molecular weight excluding hydrogens is 458 g/mol. The standard InChI is InChI=1S/C27H35N5O2S/c33-27(28-18-21-7-5-8-22(17-21)19-31-12-3-1-2-4-13-31)23-10-14-32(15-11-23)20-25-29-26(30-34-25)24-9-6-16-35-24/h5-9,16-17,23H,1-4,10-15,18-20H2,(H,28,33). The van der Waals surface area contributed by atoms with Crippen LogP contribution in [0, 0.1) is 5.92 Å². The minimum atomic E-state index is 0.0656. The first-order valence-corrected chi connectivity index (χ1v) is 13.8. The Morgan fingerprint density at radius 2 is 1.74 bits per heavy atom. The Morgan fingerprint density at radius 3 is 2.51 bits per heavy atom. The quantitative estimate of drug-likeness (QED) is 0.490. The highest BCUT2D eigenvalue weighted by atomic mass is 32.1. The molecule has 0 aliphatic carbocycles. The number of piperidine rings is 1. The van der Waals surface area contributed by atoms with Crippen molar-refractivity contribution in [2.75, 3.05) is 26.2 Å². The van der Waals surface area contributed by atoms with Gasteiger partial charge in [0.25, 0.3) is 0 Å². The Bertz CT molecular complexity index is 1070. The van der Waals surface area contributed by atoms with Crippen LogP contribution in [0.4, 0.5) is 0 Å². The second-order valence-corrected chi connectivity index (χ2v) is 10.7. The van der Waals surface area contributed by atoms with Gasteiger partial charge < -0.3 is 9.84 Å². The smallest absolute Gasteiger partial charge is 0.241 e. The number of rotatable bonds is 8. The molecule has 1 amide bonds. The van der Waals surface area contributed by atoms with Gasteiger partial charge in [-0.25, -0.2) is 0 Å². The zero-order valence-corrected chi connectivity index (χ0v) is 21.1. The van der Waals surface area contributed by atoms with E-state index in [1.165, 1.54) is 49.9 Å². The average molecular weight is 494 g/mol. The van der Waals surface area contributed by atoms with Gasteiger partial charge in [-0.05, 0) is 74.4 Å². The lowest BCUT2D eigenvalue weighted by Gasteiger charge is -2.30. The molecule has 2 saturated heterocycles. The Balaban J connectivity index is 1.05. The number of thiophene rings is 1. The topological polar surface area (TPSA) is 74.5 Å². The summed E-state index contributed by atoms with van der Waals surface area (Å²) in [6.07, 6.45) is 7.03. The number of carbonyl (C=O) groups excluding carboxylic acids is 1. The van der Waals surface area contributed by atoms with Gasteiger partial charge in [0.15, 0.2) is 0 Å². The van der Waals surface area contributed by atoms with Gasteiger partial charge in [0.2, 0.25) is 17.6 Å². The number of nitrogens with zero attached hydrogens (tertiary/aromatic N) is 4. The third kappa shape index (κ3) is 6.78. The van der Waals surface area contributed by atoms with E-state index in [9.17, 15) is 4.79 Å². The van der Waals surface area contributed by atoms with E-state index in [1.807, 2.05) is 17.5 Å². The van der Waals surface area contributed by atoms with Crippen molar-refractivity contribution in [3.63, 3.8) is 0 Å². The highest BCUT2D eigenvalue weighted by Crippen LogP contribution is 2.23. The monoisotopic (exact) mass is 493 g/mol. The molecule has 5 rings (SSSR count). The second kappa shape index (κ2) is 11.9. The van der Waals surface area contributed by atoms with Crippen molar-refractivity contribution >= 4 is 17.2 Å². The van der Waals surface area contributed by atoms with Gasteiger partial charge in [-0.1, -0.05) is 48.3 Å². The molecule has 0 bridgehead atoms. The summed E-state index contributed by atoms with van der Waals surface area (Å²) in [5, 5.41) is 9.28. The predicted octanol–water partition coefficient (Wildman–Crippen LogP) is 4.70. The largest absolute Gasteiger partial charge is 0.352 e. The van der Waals surface area contributed by atoms with Gasteiger partial charge in [-0.3, -0.25) is 14.6 Å². The van der Waals surface area contributed by atoms with E-state index in [4.69, 9.17) is 4.52 Å². The maximum absolute atomic E-state index is 12.8. The summed E-state index contributed by atoms with van der Waals surface area (Å²) >= 11 is 1.61. The summed E-state index contributed by atoms with van der Waals surface area (Å²) in [5.41, 5.74) is 2.52. The molecule has 186 valence electrons. The van der Waals surface area contributed by atoms with Crippen molar-refractivity contribution < 1.29 is 9.32 Å². The van der Waals surface area contributed by atoms with Gasteiger partial charge in [0.1, 0.15) is 0 Å². The van der Waals surface area contributed by atoms with Crippen molar-refractivity contribution in [2.45, 2.75) is 58.2 Å². The first-order chi connectivity index (χ1) is 17.2. The van der Waals surface area contributed by atoms with Crippen molar-refractivity contribution in [1.29, 1.82) is 0 Å². The van der Waals surface area contributed by atoms with Crippen LogP contribution in [-0.2, 0) is 24.4 Å². The summed E-state index contributed by atoms with van der Waals surface area (Å²) in [5.74, 6) is 1.52. The number of carbonyl (C=O) groups is 1. The number of hydrogen-bond donors (Lipinski definition) is 1. The SMILES string of the molecule is O=C(NCc1cccc(CN2CCCCCC2)c1)C1CCN(Cc2nc(-c3cccs3)no2)CC1. The number of aromatic nitrogens is 2. The van der Waals surface area contributed by atoms with Crippen LogP contribution in [0.3, 0.4) is 0 Å². The van der Waals surface area contributed by atoms with Gasteiger partial charge in [-0.15, -0.1) is 11.3 Å². The maximum atomic E-state index is 12.8. The van der Waals surface area contributed by atoms with Crippen molar-refractivity contribution in [1.82, 2.24) is 25.3 Å². The van der Waals surface area contributed by atoms with Crippen molar-refractivity contribution in [3.8, 4) is 10.7 Å². The number of hydrogen-bond acceptors (Lipinski definition) is 7. The maximum Gasteiger partial charge on any atom is 0.241 e. The third-order valence-electron chi connectivity index (χ3n) is 7.09. The Morgan fingerprint density at radius 1 is 0.971 bits per heavy atom. The lowest BCUT2D eigenvalue weighted by Crippen LogP contribution is -2.40. The van der Waals surface area contributed by atoms with Crippen molar-refractivity contribution in [2.24, 2.45) is 5.92 Å². The van der Waals surface area contributed by atoms with E-state index >= 15 is 0 Å². The van der Waals surface area contributed by atoms with Crippen LogP contribution in [-0.4, -0.2) is 52.0 Å². The molecule has 4 heterocycles. The molecule has 0 atom stereocenters. The fourth-order valence-corrected chi connectivity index (χ4v) is 5.74. The molecule has 2 aliphatic rings. The van der Waals surface area contributed by atoms with Crippen LogP contribution in [0.1, 0.15) is 55.5 Å². The highest BCUT2D eigenvalue weighted by molar-refractivity contribution is 7.13. The van der Waals surface area contributed by atoms with Crippen LogP contribution in [0.5, 0.6) is 0 Å². The van der Waals surface area contributed by atoms with Crippen LogP contribution in [0.15, 0.2) is 46.3 Å². The lowest BCUT2D eigenvalue weighted by molar-refractivity contribution is -0.126. The molecule has 8 heteroatoms. The highest BCUT2D eigenvalue weighted by Gasteiger charge is 2.26. The average Bonchev–Trinajstić information content (AvgIpc) is 3.52. The summed E-state index contributed by atoms with van der Waals surface area (Å²) in [6.45, 7) is 6.36. The number of likely N-dealkylation sites (tertiary alicyclic amines) is 2. The fraction of sp³-hybridized carbons (Fsp3) is 0.519. The molecule has 2 aliphatic heterocycles. The predicted molar refractivity (Wildman–Crippen MR) is 138 cm³/mol. The molecule has 1 aromatic carbocycles. The Kier molecular flexibility index (Phi) is 8.23. The molecule has 0 spiro atoms. The summed E-state index contributed by atoms with van der Waals surface area (Å²) in [4.78, 5) is 23.2. The third-order valence-corrected chi connectivity index (χ3v) is 7.96. The summed E-state index contributed by atoms with van der Waals surface area (Å²) < 4.78 is 5.44. The van der Waals surface area contributed by atoms with Crippen LogP contribution in [0.25, 0.3) is 10.7 Å². The van der Waals surface area contributed by atoms with Crippen LogP contribution < -0.4 is 5.32 Å². The molecule has 35 heavy (non-hydrogen) atoms. The zero-order chi connectivity index (χ0) is 23.9. The van der Waals surface area contributed by atoms with Gasteiger partial charge in [0, 0.05) is 19.0 Å². The molecule has 0 unspecified atom stereocenters. The molecule has 7 nitrogen and oxygen atoms in total. The normalized spacial score (nSPS) is 18.4. The molecule has 0 saturated carbocycles. The fourth-order valence-electron chi connectivity index (χ4n) is 5.09. The summed E-state index contributed by atoms with van der Waals surface area (Å²) in [6, 6.07) is 12.7. The molecule has 0 radical (unpaired) electrons. The van der Waals surface area contributed by atoms with Crippen LogP contribution >= 0.6 is 11.3 Å². The minimum Gasteiger partial charge on any atom is -0.352 e. The van der Waals surface area contributed by atoms with E-state index < -0.39 is 0 Å². The van der Waals surface area contributed by atoms with E-state index in [-0.39, 0.29) is 11.8 Å². The number of benzene rings is 1. The van der Waals surface area contributed by atoms with E-state index in [0.29, 0.717) is 24.8 Å². The second-order valence-electron chi connectivity index (χ2n) is 9.77. The first kappa shape index (κ1) is 24.2.